The van der Waals surface area contributed by atoms with Crippen molar-refractivity contribution in [1.82, 2.24) is 14.6 Å². The molecule has 0 bridgehead atoms. The topological polar surface area (TPSA) is 91.4 Å². The summed E-state index contributed by atoms with van der Waals surface area (Å²) in [4.78, 5) is 17.5. The third-order valence-electron chi connectivity index (χ3n) is 3.19. The molecule has 2 rings (SSSR count). The van der Waals surface area contributed by atoms with Gasteiger partial charge < -0.3 is 10.2 Å². The van der Waals surface area contributed by atoms with Crippen molar-refractivity contribution >= 4 is 21.7 Å². The summed E-state index contributed by atoms with van der Waals surface area (Å²) in [5.74, 6) is 0.430. The number of benzene rings is 1. The molecule has 1 amide bonds. The number of sulfonamides is 1. The minimum Gasteiger partial charge on any atom is -0.369 e. The van der Waals surface area contributed by atoms with Crippen LogP contribution in [0.4, 0.5) is 5.82 Å². The van der Waals surface area contributed by atoms with Gasteiger partial charge in [-0.25, -0.2) is 18.1 Å². The van der Waals surface area contributed by atoms with E-state index >= 15 is 0 Å². The van der Waals surface area contributed by atoms with E-state index in [4.69, 9.17) is 0 Å². The van der Waals surface area contributed by atoms with E-state index in [9.17, 15) is 13.2 Å². The van der Waals surface area contributed by atoms with Crippen molar-refractivity contribution in [3.8, 4) is 0 Å². The maximum absolute atomic E-state index is 12.3. The summed E-state index contributed by atoms with van der Waals surface area (Å²) in [7, 11) is -0.445. The molecule has 0 saturated carbocycles. The fourth-order valence-electron chi connectivity index (χ4n) is 1.98. The summed E-state index contributed by atoms with van der Waals surface area (Å²) < 4.78 is 27.1. The van der Waals surface area contributed by atoms with Gasteiger partial charge in [-0.15, -0.1) is 0 Å². The van der Waals surface area contributed by atoms with Crippen molar-refractivity contribution in [1.29, 1.82) is 0 Å². The predicted molar refractivity (Wildman–Crippen MR) is 92.4 cm³/mol. The first-order valence-electron chi connectivity index (χ1n) is 7.36. The molecule has 0 aliphatic rings. The van der Waals surface area contributed by atoms with Gasteiger partial charge in [0.05, 0.1) is 4.90 Å². The Bertz CT molecular complexity index is 792. The average Bonchev–Trinajstić information content (AvgIpc) is 2.59. The van der Waals surface area contributed by atoms with E-state index in [1.165, 1.54) is 17.0 Å². The normalized spacial score (nSPS) is 11.1. The van der Waals surface area contributed by atoms with Gasteiger partial charge in [0.2, 0.25) is 10.0 Å². The van der Waals surface area contributed by atoms with Crippen LogP contribution in [0.1, 0.15) is 10.4 Å². The number of anilines is 1. The molecule has 128 valence electrons. The Morgan fingerprint density at radius 1 is 1.12 bits per heavy atom. The number of aromatic nitrogens is 1. The first-order chi connectivity index (χ1) is 11.4. The molecule has 0 fully saturated rings. The van der Waals surface area contributed by atoms with Crippen LogP contribution in [0.3, 0.4) is 0 Å². The lowest BCUT2D eigenvalue weighted by Crippen LogP contribution is -2.29. The van der Waals surface area contributed by atoms with Crippen LogP contribution >= 0.6 is 0 Å². The van der Waals surface area contributed by atoms with Crippen molar-refractivity contribution in [2.24, 2.45) is 0 Å². The fraction of sp³-hybridized carbons (Fsp3) is 0.250. The van der Waals surface area contributed by atoms with Gasteiger partial charge in [-0.3, -0.25) is 4.79 Å². The minimum atomic E-state index is -3.68. The van der Waals surface area contributed by atoms with Crippen LogP contribution in [-0.4, -0.2) is 51.4 Å². The molecule has 0 saturated heterocycles. The summed E-state index contributed by atoms with van der Waals surface area (Å²) in [6.45, 7) is 0.595. The molecule has 8 heteroatoms. The van der Waals surface area contributed by atoms with Crippen molar-refractivity contribution in [3.05, 3.63) is 54.2 Å². The van der Waals surface area contributed by atoms with E-state index < -0.39 is 10.0 Å². The van der Waals surface area contributed by atoms with Crippen molar-refractivity contribution in [2.75, 3.05) is 32.5 Å². The van der Waals surface area contributed by atoms with Crippen LogP contribution < -0.4 is 10.0 Å². The van der Waals surface area contributed by atoms with Crippen molar-refractivity contribution in [2.45, 2.75) is 4.90 Å². The molecule has 0 aliphatic carbocycles. The first-order valence-corrected chi connectivity index (χ1v) is 8.85. The summed E-state index contributed by atoms with van der Waals surface area (Å²) in [6, 6.07) is 11.4. The number of nitrogens with one attached hydrogen (secondary N) is 2. The maximum Gasteiger partial charge on any atom is 0.253 e. The van der Waals surface area contributed by atoms with Crippen LogP contribution in [0.25, 0.3) is 0 Å². The van der Waals surface area contributed by atoms with Crippen LogP contribution in [0, 0.1) is 0 Å². The number of hydrogen-bond acceptors (Lipinski definition) is 5. The van der Waals surface area contributed by atoms with Gasteiger partial charge in [0, 0.05) is 38.9 Å². The molecular weight excluding hydrogens is 328 g/mol. The average molecular weight is 348 g/mol. The van der Waals surface area contributed by atoms with E-state index in [1.54, 1.807) is 44.6 Å². The Morgan fingerprint density at radius 2 is 1.92 bits per heavy atom. The molecule has 2 N–H and O–H groups in total. The third-order valence-corrected chi connectivity index (χ3v) is 4.64. The van der Waals surface area contributed by atoms with Crippen LogP contribution in [0.5, 0.6) is 0 Å². The van der Waals surface area contributed by atoms with E-state index in [2.05, 4.69) is 15.0 Å². The lowest BCUT2D eigenvalue weighted by molar-refractivity contribution is 0.0827. The Balaban J connectivity index is 1.97. The maximum atomic E-state index is 12.3. The Labute approximate surface area is 141 Å². The van der Waals surface area contributed by atoms with Crippen LogP contribution in [0.2, 0.25) is 0 Å². The third kappa shape index (κ3) is 4.77. The number of nitrogens with zero attached hydrogens (tertiary/aromatic N) is 2. The highest BCUT2D eigenvalue weighted by molar-refractivity contribution is 7.89. The van der Waals surface area contributed by atoms with E-state index in [0.29, 0.717) is 17.9 Å². The molecule has 1 aromatic heterocycles. The second kappa shape index (κ2) is 7.89. The SMILES string of the molecule is CN(C)C(=O)c1cccc(S(=O)(=O)NCCNc2ccccn2)c1. The summed E-state index contributed by atoms with van der Waals surface area (Å²) >= 11 is 0. The van der Waals surface area contributed by atoms with Gasteiger partial charge in [0.25, 0.3) is 5.91 Å². The molecule has 0 aliphatic heterocycles. The van der Waals surface area contributed by atoms with E-state index in [1.807, 2.05) is 6.07 Å². The zero-order valence-corrected chi connectivity index (χ0v) is 14.4. The Kier molecular flexibility index (Phi) is 5.88. The lowest BCUT2D eigenvalue weighted by atomic mass is 10.2. The van der Waals surface area contributed by atoms with Gasteiger partial charge in [-0.1, -0.05) is 12.1 Å². The van der Waals surface area contributed by atoms with Crippen LogP contribution in [0.15, 0.2) is 53.6 Å². The predicted octanol–water partition coefficient (Wildman–Crippen LogP) is 1.17. The van der Waals surface area contributed by atoms with E-state index in [0.717, 1.165) is 0 Å². The van der Waals surface area contributed by atoms with E-state index in [-0.39, 0.29) is 17.3 Å². The molecule has 1 heterocycles. The molecule has 0 spiro atoms. The highest BCUT2D eigenvalue weighted by atomic mass is 32.2. The highest BCUT2D eigenvalue weighted by Crippen LogP contribution is 2.12. The zero-order valence-electron chi connectivity index (χ0n) is 13.6. The molecule has 0 unspecified atom stereocenters. The Morgan fingerprint density at radius 3 is 2.58 bits per heavy atom. The molecule has 7 nitrogen and oxygen atoms in total. The first kappa shape index (κ1) is 17.9. The van der Waals surface area contributed by atoms with Gasteiger partial charge in [0.1, 0.15) is 5.82 Å². The lowest BCUT2D eigenvalue weighted by Gasteiger charge is -2.12. The Hall–Kier alpha value is -2.45. The zero-order chi connectivity index (χ0) is 17.6. The van der Waals surface area contributed by atoms with Gasteiger partial charge in [0.15, 0.2) is 0 Å². The number of pyridine rings is 1. The van der Waals surface area contributed by atoms with Crippen LogP contribution in [-0.2, 0) is 10.0 Å². The van der Waals surface area contributed by atoms with Gasteiger partial charge in [-0.2, -0.15) is 0 Å². The monoisotopic (exact) mass is 348 g/mol. The van der Waals surface area contributed by atoms with Crippen molar-refractivity contribution in [3.63, 3.8) is 0 Å². The number of carbonyl (C=O) groups excluding carboxylic acids is 1. The second-order valence-electron chi connectivity index (χ2n) is 5.27. The number of carbonyl (C=O) groups is 1. The number of rotatable bonds is 7. The number of hydrogen-bond donors (Lipinski definition) is 2. The summed E-state index contributed by atoms with van der Waals surface area (Å²) in [5.41, 5.74) is 0.328. The quantitative estimate of drug-likeness (QED) is 0.733. The largest absolute Gasteiger partial charge is 0.369 e. The smallest absolute Gasteiger partial charge is 0.253 e. The molecular formula is C16H20N4O3S. The molecule has 1 aromatic carbocycles. The van der Waals surface area contributed by atoms with Gasteiger partial charge in [-0.05, 0) is 30.3 Å². The van der Waals surface area contributed by atoms with Crippen molar-refractivity contribution < 1.29 is 13.2 Å². The molecule has 0 atom stereocenters. The standard InChI is InChI=1S/C16H20N4O3S/c1-20(2)16(21)13-6-5-7-14(12-13)24(22,23)19-11-10-18-15-8-3-4-9-17-15/h3-9,12,19H,10-11H2,1-2H3,(H,17,18). The highest BCUT2D eigenvalue weighted by Gasteiger charge is 2.16. The number of amides is 1. The minimum absolute atomic E-state index is 0.0630. The summed E-state index contributed by atoms with van der Waals surface area (Å²) in [5, 5.41) is 3.01. The second-order valence-corrected chi connectivity index (χ2v) is 7.03. The fourth-order valence-corrected chi connectivity index (χ4v) is 3.06. The van der Waals surface area contributed by atoms with Gasteiger partial charge >= 0.3 is 0 Å². The molecule has 0 radical (unpaired) electrons. The summed E-state index contributed by atoms with van der Waals surface area (Å²) in [6.07, 6.45) is 1.65. The molecule has 24 heavy (non-hydrogen) atoms. The molecule has 2 aromatic rings.